The van der Waals surface area contributed by atoms with Crippen LogP contribution in [0.15, 0.2) is 53.4 Å². The van der Waals surface area contributed by atoms with Crippen LogP contribution >= 0.6 is 11.3 Å². The smallest absolute Gasteiger partial charge is 0.243 e. The van der Waals surface area contributed by atoms with Crippen molar-refractivity contribution in [1.29, 1.82) is 0 Å². The molecule has 7 nitrogen and oxygen atoms in total. The molecule has 2 heterocycles. The van der Waals surface area contributed by atoms with Crippen molar-refractivity contribution < 1.29 is 17.9 Å². The molecule has 164 valence electrons. The predicted molar refractivity (Wildman–Crippen MR) is 121 cm³/mol. The van der Waals surface area contributed by atoms with Gasteiger partial charge in [0.2, 0.25) is 15.9 Å². The van der Waals surface area contributed by atoms with Gasteiger partial charge in [-0.05, 0) is 49.2 Å². The number of para-hydroxylation sites is 1. The number of nitrogens with zero attached hydrogens (tertiary/aromatic N) is 3. The molecule has 0 bridgehead atoms. The number of aromatic nitrogens is 1. The van der Waals surface area contributed by atoms with Crippen molar-refractivity contribution in [3.8, 4) is 5.75 Å². The predicted octanol–water partition coefficient (Wildman–Crippen LogP) is 3.36. The van der Waals surface area contributed by atoms with Gasteiger partial charge in [-0.25, -0.2) is 13.4 Å². The lowest BCUT2D eigenvalue weighted by molar-refractivity contribution is -0.135. The Hall–Kier alpha value is -2.49. The average Bonchev–Trinajstić information content (AvgIpc) is 3.21. The molecule has 0 N–H and O–H groups in total. The molecule has 4 rings (SSSR count). The fourth-order valence-electron chi connectivity index (χ4n) is 3.84. The Morgan fingerprint density at radius 3 is 2.68 bits per heavy atom. The Balaban J connectivity index is 1.44. The van der Waals surface area contributed by atoms with E-state index in [0.717, 1.165) is 15.2 Å². The van der Waals surface area contributed by atoms with Gasteiger partial charge in [0.1, 0.15) is 10.8 Å². The van der Waals surface area contributed by atoms with Crippen molar-refractivity contribution in [2.45, 2.75) is 24.3 Å². The lowest BCUT2D eigenvalue weighted by Crippen LogP contribution is -2.45. The molecule has 1 fully saturated rings. The number of rotatable bonds is 6. The van der Waals surface area contributed by atoms with Gasteiger partial charge in [0.05, 0.1) is 34.7 Å². The largest absolute Gasteiger partial charge is 0.497 e. The Morgan fingerprint density at radius 1 is 1.23 bits per heavy atom. The number of fused-ring (bicyclic) bond motifs is 1. The van der Waals surface area contributed by atoms with Crippen molar-refractivity contribution in [3.63, 3.8) is 0 Å². The van der Waals surface area contributed by atoms with E-state index in [0.29, 0.717) is 31.7 Å². The summed E-state index contributed by atoms with van der Waals surface area (Å²) in [6.45, 7) is 1.02. The second-order valence-corrected chi connectivity index (χ2v) is 10.7. The molecular formula is C22H25N3O4S2. The summed E-state index contributed by atoms with van der Waals surface area (Å²) in [6.07, 6.45) is 1.33. The lowest BCUT2D eigenvalue weighted by atomic mass is 9.98. The first kappa shape index (κ1) is 21.7. The van der Waals surface area contributed by atoms with Crippen molar-refractivity contribution in [3.05, 3.63) is 53.5 Å². The maximum atomic E-state index is 13.1. The van der Waals surface area contributed by atoms with Crippen molar-refractivity contribution in [1.82, 2.24) is 14.2 Å². The highest BCUT2D eigenvalue weighted by Crippen LogP contribution is 2.27. The zero-order valence-corrected chi connectivity index (χ0v) is 19.2. The standard InChI is InChI=1S/C22H25N3O4S2/c1-24(15-21-23-19-7-3-4-8-20(19)30-21)22(26)16-6-5-13-25(14-16)31(27,28)18-11-9-17(29-2)10-12-18/h3-4,7-12,16H,5-6,13-15H2,1-2H3/t16-/m1/s1. The molecular weight excluding hydrogens is 434 g/mol. The van der Waals surface area contributed by atoms with Gasteiger partial charge in [-0.2, -0.15) is 4.31 Å². The van der Waals surface area contributed by atoms with Gasteiger partial charge < -0.3 is 9.64 Å². The molecule has 1 aromatic heterocycles. The minimum Gasteiger partial charge on any atom is -0.497 e. The Labute approximate surface area is 186 Å². The molecule has 9 heteroatoms. The first-order valence-electron chi connectivity index (χ1n) is 10.1. The molecule has 2 aromatic carbocycles. The quantitative estimate of drug-likeness (QED) is 0.565. The van der Waals surface area contributed by atoms with E-state index in [1.54, 1.807) is 47.5 Å². The first-order valence-corrected chi connectivity index (χ1v) is 12.4. The Bertz CT molecular complexity index is 1140. The number of amides is 1. The topological polar surface area (TPSA) is 79.8 Å². The molecule has 31 heavy (non-hydrogen) atoms. The summed E-state index contributed by atoms with van der Waals surface area (Å²) in [4.78, 5) is 19.5. The highest BCUT2D eigenvalue weighted by molar-refractivity contribution is 7.89. The summed E-state index contributed by atoms with van der Waals surface area (Å²) in [5.41, 5.74) is 0.928. The third-order valence-electron chi connectivity index (χ3n) is 5.52. The monoisotopic (exact) mass is 459 g/mol. The Morgan fingerprint density at radius 2 is 1.97 bits per heavy atom. The zero-order valence-electron chi connectivity index (χ0n) is 17.5. The molecule has 0 unspecified atom stereocenters. The van der Waals surface area contributed by atoms with Gasteiger partial charge in [0.25, 0.3) is 0 Å². The van der Waals surface area contributed by atoms with Crippen LogP contribution in [0.1, 0.15) is 17.8 Å². The summed E-state index contributed by atoms with van der Waals surface area (Å²) in [5, 5.41) is 0.871. The van der Waals surface area contributed by atoms with E-state index in [4.69, 9.17) is 4.74 Å². The number of piperidine rings is 1. The molecule has 3 aromatic rings. The summed E-state index contributed by atoms with van der Waals surface area (Å²) in [6, 6.07) is 14.2. The van der Waals surface area contributed by atoms with Crippen LogP contribution in [0.4, 0.5) is 0 Å². The van der Waals surface area contributed by atoms with E-state index >= 15 is 0 Å². The number of carbonyl (C=O) groups excluding carboxylic acids is 1. The fourth-order valence-corrected chi connectivity index (χ4v) is 6.38. The summed E-state index contributed by atoms with van der Waals surface area (Å²) < 4.78 is 33.8. The van der Waals surface area contributed by atoms with E-state index in [9.17, 15) is 13.2 Å². The van der Waals surface area contributed by atoms with E-state index in [-0.39, 0.29) is 23.3 Å². The molecule has 1 atom stereocenters. The van der Waals surface area contributed by atoms with Crippen LogP contribution in [0, 0.1) is 5.92 Å². The van der Waals surface area contributed by atoms with E-state index in [1.165, 1.54) is 11.4 Å². The molecule has 1 aliphatic rings. The van der Waals surface area contributed by atoms with Gasteiger partial charge in [-0.1, -0.05) is 12.1 Å². The number of carbonyl (C=O) groups is 1. The molecule has 1 amide bonds. The summed E-state index contributed by atoms with van der Waals surface area (Å²) >= 11 is 1.57. The van der Waals surface area contributed by atoms with Crippen LogP contribution in [-0.4, -0.2) is 55.8 Å². The number of methoxy groups -OCH3 is 1. The van der Waals surface area contributed by atoms with Gasteiger partial charge in [-0.3, -0.25) is 4.79 Å². The van der Waals surface area contributed by atoms with E-state index < -0.39 is 10.0 Å². The molecule has 0 saturated carbocycles. The first-order chi connectivity index (χ1) is 14.9. The minimum atomic E-state index is -3.66. The highest BCUT2D eigenvalue weighted by Gasteiger charge is 2.34. The molecule has 0 radical (unpaired) electrons. The molecule has 1 saturated heterocycles. The van der Waals surface area contributed by atoms with Gasteiger partial charge in [-0.15, -0.1) is 11.3 Å². The molecule has 0 spiro atoms. The third-order valence-corrected chi connectivity index (χ3v) is 8.42. The van der Waals surface area contributed by atoms with Crippen LogP contribution < -0.4 is 4.74 Å². The van der Waals surface area contributed by atoms with Crippen LogP contribution in [0.3, 0.4) is 0 Å². The van der Waals surface area contributed by atoms with E-state index in [2.05, 4.69) is 4.98 Å². The number of thiazole rings is 1. The zero-order chi connectivity index (χ0) is 22.0. The highest BCUT2D eigenvalue weighted by atomic mass is 32.2. The second-order valence-electron chi connectivity index (χ2n) is 7.65. The van der Waals surface area contributed by atoms with Crippen LogP contribution in [-0.2, 0) is 21.4 Å². The SMILES string of the molecule is COc1ccc(S(=O)(=O)N2CCC[C@@H](C(=O)N(C)Cc3nc4ccccc4s3)C2)cc1. The average molecular weight is 460 g/mol. The van der Waals surface area contributed by atoms with Crippen molar-refractivity contribution >= 4 is 37.5 Å². The third kappa shape index (κ3) is 4.58. The summed E-state index contributed by atoms with van der Waals surface area (Å²) in [5.74, 6) is 0.192. The number of hydrogen-bond acceptors (Lipinski definition) is 6. The minimum absolute atomic E-state index is 0.0473. The lowest BCUT2D eigenvalue weighted by Gasteiger charge is -2.33. The number of hydrogen-bond donors (Lipinski definition) is 0. The normalized spacial score (nSPS) is 17.5. The maximum absolute atomic E-state index is 13.1. The van der Waals surface area contributed by atoms with Crippen LogP contribution in [0.25, 0.3) is 10.2 Å². The van der Waals surface area contributed by atoms with Crippen molar-refractivity contribution in [2.24, 2.45) is 5.92 Å². The number of sulfonamides is 1. The van der Waals surface area contributed by atoms with Gasteiger partial charge in [0.15, 0.2) is 0 Å². The van der Waals surface area contributed by atoms with Gasteiger partial charge >= 0.3 is 0 Å². The van der Waals surface area contributed by atoms with Crippen molar-refractivity contribution in [2.75, 3.05) is 27.2 Å². The van der Waals surface area contributed by atoms with Crippen LogP contribution in [0.2, 0.25) is 0 Å². The Kier molecular flexibility index (Phi) is 6.27. The molecule has 0 aliphatic carbocycles. The van der Waals surface area contributed by atoms with Crippen LogP contribution in [0.5, 0.6) is 5.75 Å². The van der Waals surface area contributed by atoms with E-state index in [1.807, 2.05) is 24.3 Å². The number of ether oxygens (including phenoxy) is 1. The fraction of sp³-hybridized carbons (Fsp3) is 0.364. The second kappa shape index (κ2) is 8.94. The molecule has 1 aliphatic heterocycles. The summed E-state index contributed by atoms with van der Waals surface area (Å²) in [7, 11) is -0.366. The van der Waals surface area contributed by atoms with Gasteiger partial charge in [0, 0.05) is 20.1 Å². The number of benzene rings is 2. The maximum Gasteiger partial charge on any atom is 0.243 e.